The number of nitrogens with zero attached hydrogens (tertiary/aromatic N) is 1. The average molecular weight is 350 g/mol. The second kappa shape index (κ2) is 6.43. The van der Waals surface area contributed by atoms with Crippen LogP contribution in [0.1, 0.15) is 30.7 Å². The lowest BCUT2D eigenvalue weighted by molar-refractivity contribution is 0.372. The van der Waals surface area contributed by atoms with Gasteiger partial charge in [-0.2, -0.15) is 0 Å². The lowest BCUT2D eigenvalue weighted by Gasteiger charge is -1.99. The summed E-state index contributed by atoms with van der Waals surface area (Å²) >= 11 is 0. The molecule has 0 saturated carbocycles. The van der Waals surface area contributed by atoms with Gasteiger partial charge in [-0.05, 0) is 19.8 Å². The molecular weight excluding hydrogens is 337 g/mol. The SMILES string of the molecule is Cc1noc(CCCCCS(=O)(=O)Cl)c1S(=O)(=O)Cl. The summed E-state index contributed by atoms with van der Waals surface area (Å²) in [5.41, 5.74) is 0.216. The summed E-state index contributed by atoms with van der Waals surface area (Å²) in [6.45, 7) is 1.49. The molecule has 0 aromatic carbocycles. The maximum atomic E-state index is 11.3. The number of unbranched alkanes of at least 4 members (excludes halogenated alkanes) is 2. The Morgan fingerprint density at radius 3 is 2.26 bits per heavy atom. The van der Waals surface area contributed by atoms with Crippen molar-refractivity contribution in [2.75, 3.05) is 5.75 Å². The number of aromatic nitrogens is 1. The van der Waals surface area contributed by atoms with Gasteiger partial charge in [0.1, 0.15) is 10.6 Å². The lowest BCUT2D eigenvalue weighted by atomic mass is 10.1. The highest BCUT2D eigenvalue weighted by atomic mass is 35.7. The molecule has 19 heavy (non-hydrogen) atoms. The Labute approximate surface area is 120 Å². The van der Waals surface area contributed by atoms with E-state index in [-0.39, 0.29) is 22.1 Å². The van der Waals surface area contributed by atoms with Gasteiger partial charge in [0.15, 0.2) is 5.76 Å². The van der Waals surface area contributed by atoms with Crippen molar-refractivity contribution in [1.82, 2.24) is 5.16 Å². The van der Waals surface area contributed by atoms with Crippen LogP contribution in [0.5, 0.6) is 0 Å². The van der Waals surface area contributed by atoms with Crippen LogP contribution in [0.2, 0.25) is 0 Å². The fraction of sp³-hybridized carbons (Fsp3) is 0.667. The van der Waals surface area contributed by atoms with Crippen molar-refractivity contribution in [1.29, 1.82) is 0 Å². The first-order chi connectivity index (χ1) is 8.61. The van der Waals surface area contributed by atoms with Crippen molar-refractivity contribution in [3.05, 3.63) is 11.5 Å². The molecule has 0 fully saturated rings. The zero-order valence-electron chi connectivity index (χ0n) is 10.1. The first-order valence-electron chi connectivity index (χ1n) is 5.43. The van der Waals surface area contributed by atoms with Crippen LogP contribution in [0.3, 0.4) is 0 Å². The Morgan fingerprint density at radius 2 is 1.74 bits per heavy atom. The molecule has 0 unspecified atom stereocenters. The molecule has 1 aromatic rings. The predicted molar refractivity (Wildman–Crippen MR) is 71.5 cm³/mol. The van der Waals surface area contributed by atoms with Gasteiger partial charge in [-0.1, -0.05) is 11.6 Å². The standard InChI is InChI=1S/C9H13Cl2NO5S2/c1-7-9(19(11,15)16)8(17-12-7)5-3-2-4-6-18(10,13)14/h2-6H2,1H3. The normalized spacial score (nSPS) is 12.8. The molecule has 0 bridgehead atoms. The molecule has 1 aromatic heterocycles. The van der Waals surface area contributed by atoms with E-state index in [0.29, 0.717) is 25.7 Å². The molecule has 0 radical (unpaired) electrons. The van der Waals surface area contributed by atoms with Crippen LogP contribution in [-0.2, 0) is 24.5 Å². The second-order valence-corrected chi connectivity index (χ2v) is 9.41. The minimum Gasteiger partial charge on any atom is -0.360 e. The Kier molecular flexibility index (Phi) is 5.66. The Morgan fingerprint density at radius 1 is 1.11 bits per heavy atom. The molecule has 1 heterocycles. The molecule has 0 spiro atoms. The third kappa shape index (κ3) is 5.68. The van der Waals surface area contributed by atoms with Gasteiger partial charge in [0, 0.05) is 27.8 Å². The number of rotatable bonds is 7. The van der Waals surface area contributed by atoms with Crippen molar-refractivity contribution in [3.8, 4) is 0 Å². The van der Waals surface area contributed by atoms with E-state index in [9.17, 15) is 16.8 Å². The molecule has 1 rings (SSSR count). The molecular formula is C9H13Cl2NO5S2. The van der Waals surface area contributed by atoms with E-state index < -0.39 is 18.1 Å². The van der Waals surface area contributed by atoms with E-state index in [1.807, 2.05) is 0 Å². The second-order valence-electron chi connectivity index (χ2n) is 4.01. The van der Waals surface area contributed by atoms with Crippen LogP contribution in [0, 0.1) is 6.92 Å². The van der Waals surface area contributed by atoms with Gasteiger partial charge >= 0.3 is 0 Å². The first-order valence-corrected chi connectivity index (χ1v) is 10.2. The molecule has 0 atom stereocenters. The van der Waals surface area contributed by atoms with E-state index in [1.165, 1.54) is 6.92 Å². The van der Waals surface area contributed by atoms with Crippen LogP contribution >= 0.6 is 21.4 Å². The first kappa shape index (κ1) is 16.7. The van der Waals surface area contributed by atoms with Crippen molar-refractivity contribution in [3.63, 3.8) is 0 Å². The average Bonchev–Trinajstić information content (AvgIpc) is 2.57. The molecule has 6 nitrogen and oxygen atoms in total. The minimum atomic E-state index is -3.89. The largest absolute Gasteiger partial charge is 0.360 e. The maximum absolute atomic E-state index is 11.3. The molecule has 110 valence electrons. The van der Waals surface area contributed by atoms with Crippen LogP contribution in [0.25, 0.3) is 0 Å². The predicted octanol–water partition coefficient (Wildman–Crippen LogP) is 2.19. The minimum absolute atomic E-state index is 0.0980. The Balaban J connectivity index is 2.56. The van der Waals surface area contributed by atoms with E-state index in [2.05, 4.69) is 5.16 Å². The highest BCUT2D eigenvalue weighted by Crippen LogP contribution is 2.25. The van der Waals surface area contributed by atoms with Crippen molar-refractivity contribution in [2.24, 2.45) is 0 Å². The van der Waals surface area contributed by atoms with Gasteiger partial charge in [-0.3, -0.25) is 0 Å². The lowest BCUT2D eigenvalue weighted by Crippen LogP contribution is -1.99. The van der Waals surface area contributed by atoms with Crippen LogP contribution in [-0.4, -0.2) is 27.7 Å². The van der Waals surface area contributed by atoms with E-state index in [4.69, 9.17) is 25.9 Å². The van der Waals surface area contributed by atoms with Gasteiger partial charge in [-0.15, -0.1) is 0 Å². The Bertz CT molecular complexity index is 636. The fourth-order valence-electron chi connectivity index (χ4n) is 1.62. The van der Waals surface area contributed by atoms with E-state index >= 15 is 0 Å². The zero-order chi connectivity index (χ0) is 14.7. The molecule has 0 aliphatic carbocycles. The summed E-state index contributed by atoms with van der Waals surface area (Å²) in [6.07, 6.45) is 1.86. The van der Waals surface area contributed by atoms with Crippen LogP contribution in [0.15, 0.2) is 9.42 Å². The fourth-order valence-corrected chi connectivity index (χ4v) is 3.89. The van der Waals surface area contributed by atoms with Crippen molar-refractivity contribution < 1.29 is 21.4 Å². The highest BCUT2D eigenvalue weighted by Gasteiger charge is 2.23. The molecule has 0 N–H and O–H groups in total. The van der Waals surface area contributed by atoms with Gasteiger partial charge in [0.2, 0.25) is 9.05 Å². The summed E-state index contributed by atoms with van der Waals surface area (Å²) in [7, 11) is 2.99. The number of hydrogen-bond acceptors (Lipinski definition) is 6. The van der Waals surface area contributed by atoms with Gasteiger partial charge in [0.05, 0.1) is 5.75 Å². The number of hydrogen-bond donors (Lipinski definition) is 0. The molecule has 0 amide bonds. The zero-order valence-corrected chi connectivity index (χ0v) is 13.2. The number of halogens is 2. The smallest absolute Gasteiger partial charge is 0.266 e. The van der Waals surface area contributed by atoms with Crippen molar-refractivity contribution >= 4 is 39.5 Å². The number of aryl methyl sites for hydroxylation is 2. The monoisotopic (exact) mass is 349 g/mol. The summed E-state index contributed by atoms with van der Waals surface area (Å²) in [5, 5.41) is 3.57. The van der Waals surface area contributed by atoms with Gasteiger partial charge in [0.25, 0.3) is 9.05 Å². The van der Waals surface area contributed by atoms with Crippen LogP contribution in [0.4, 0.5) is 0 Å². The molecule has 0 aliphatic rings. The van der Waals surface area contributed by atoms with Gasteiger partial charge < -0.3 is 4.52 Å². The topological polar surface area (TPSA) is 94.3 Å². The van der Waals surface area contributed by atoms with E-state index in [1.54, 1.807) is 0 Å². The molecule has 10 heteroatoms. The highest BCUT2D eigenvalue weighted by molar-refractivity contribution is 8.14. The summed E-state index contributed by atoms with van der Waals surface area (Å²) in [6, 6.07) is 0. The van der Waals surface area contributed by atoms with E-state index in [0.717, 1.165) is 0 Å². The Hall–Kier alpha value is -0.310. The summed E-state index contributed by atoms with van der Waals surface area (Å²) in [5.74, 6) is 0.0891. The quantitative estimate of drug-likeness (QED) is 0.553. The van der Waals surface area contributed by atoms with Crippen LogP contribution < -0.4 is 0 Å². The maximum Gasteiger partial charge on any atom is 0.266 e. The van der Waals surface area contributed by atoms with Gasteiger partial charge in [-0.25, -0.2) is 16.8 Å². The summed E-state index contributed by atoms with van der Waals surface area (Å²) < 4.78 is 48.9. The summed E-state index contributed by atoms with van der Waals surface area (Å²) in [4.78, 5) is -0.0980. The molecule has 0 saturated heterocycles. The third-order valence-electron chi connectivity index (χ3n) is 2.41. The van der Waals surface area contributed by atoms with Crippen molar-refractivity contribution in [2.45, 2.75) is 37.5 Å². The third-order valence-corrected chi connectivity index (χ3v) is 5.12. The molecule has 0 aliphatic heterocycles.